The first kappa shape index (κ1) is 12.3. The Morgan fingerprint density at radius 2 is 2.10 bits per heavy atom. The Morgan fingerprint density at radius 3 is 2.75 bits per heavy atom. The molecule has 0 fully saturated rings. The number of nitro benzene ring substituents is 1. The largest absolute Gasteiger partial charge is 0.512 e. The fourth-order valence-corrected chi connectivity index (χ4v) is 2.43. The molecule has 100 valence electrons. The lowest BCUT2D eigenvalue weighted by atomic mass is 10.0. The first-order valence-corrected chi connectivity index (χ1v) is 6.03. The van der Waals surface area contributed by atoms with Crippen LogP contribution >= 0.6 is 0 Å². The van der Waals surface area contributed by atoms with Crippen LogP contribution < -0.4 is 5.22 Å². The number of rotatable bonds is 1. The summed E-state index contributed by atoms with van der Waals surface area (Å²) in [6.07, 6.45) is 0. The van der Waals surface area contributed by atoms with E-state index in [9.17, 15) is 15.2 Å². The molecule has 0 spiro atoms. The highest BCUT2D eigenvalue weighted by atomic mass is 16.6. The van der Waals surface area contributed by atoms with E-state index in [4.69, 9.17) is 0 Å². The van der Waals surface area contributed by atoms with Gasteiger partial charge in [0.15, 0.2) is 5.52 Å². The highest BCUT2D eigenvalue weighted by Gasteiger charge is 2.19. The van der Waals surface area contributed by atoms with Gasteiger partial charge in [0.05, 0.1) is 16.2 Å². The van der Waals surface area contributed by atoms with Gasteiger partial charge in [-0.25, -0.2) is 9.97 Å². The predicted molar refractivity (Wildman–Crippen MR) is 75.4 cm³/mol. The van der Waals surface area contributed by atoms with Crippen molar-refractivity contribution in [3.63, 3.8) is 0 Å². The Hall–Kier alpha value is -2.76. The summed E-state index contributed by atoms with van der Waals surface area (Å²) in [4.78, 5) is 19.3. The average molecular weight is 269 g/mol. The van der Waals surface area contributed by atoms with Gasteiger partial charge in [-0.1, -0.05) is 12.1 Å². The molecule has 0 bridgehead atoms. The number of nitrogens with zero attached hydrogens (tertiary/aromatic N) is 3. The molecule has 6 heteroatoms. The zero-order valence-corrected chi connectivity index (χ0v) is 10.9. The maximum absolute atomic E-state index is 11.3. The second-order valence-electron chi connectivity index (χ2n) is 4.60. The van der Waals surface area contributed by atoms with Crippen molar-refractivity contribution >= 4 is 33.3 Å². The minimum Gasteiger partial charge on any atom is -0.512 e. The Balaban J connectivity index is 2.73. The van der Waals surface area contributed by atoms with Gasteiger partial charge in [0.1, 0.15) is 5.82 Å². The number of hydrogen-bond acceptors (Lipinski definition) is 5. The molecule has 1 aromatic heterocycles. The van der Waals surface area contributed by atoms with E-state index in [0.29, 0.717) is 32.8 Å². The Bertz CT molecular complexity index is 914. The third kappa shape index (κ3) is 1.65. The number of aliphatic hydroxyl groups excluding tert-OH is 1. The molecule has 0 saturated heterocycles. The minimum atomic E-state index is -0.486. The summed E-state index contributed by atoms with van der Waals surface area (Å²) in [6, 6.07) is 6.75. The summed E-state index contributed by atoms with van der Waals surface area (Å²) >= 11 is 0. The second kappa shape index (κ2) is 4.12. The van der Waals surface area contributed by atoms with E-state index < -0.39 is 4.92 Å². The van der Waals surface area contributed by atoms with Crippen LogP contribution in [0.3, 0.4) is 0 Å². The van der Waals surface area contributed by atoms with E-state index in [0.717, 1.165) is 0 Å². The zero-order valence-electron chi connectivity index (χ0n) is 10.9. The molecular formula is C14H11N3O3. The van der Waals surface area contributed by atoms with Crippen LogP contribution in [0.2, 0.25) is 0 Å². The fraction of sp³-hybridized carbons (Fsp3) is 0.143. The van der Waals surface area contributed by atoms with Crippen molar-refractivity contribution in [2.45, 2.75) is 13.8 Å². The van der Waals surface area contributed by atoms with Crippen LogP contribution in [0.15, 0.2) is 24.3 Å². The van der Waals surface area contributed by atoms with Crippen molar-refractivity contribution in [3.05, 3.63) is 45.4 Å². The van der Waals surface area contributed by atoms with Crippen molar-refractivity contribution in [1.82, 2.24) is 9.97 Å². The molecule has 0 saturated carbocycles. The van der Waals surface area contributed by atoms with E-state index in [1.807, 2.05) is 6.07 Å². The van der Waals surface area contributed by atoms with Crippen molar-refractivity contribution in [1.29, 1.82) is 0 Å². The van der Waals surface area contributed by atoms with E-state index in [1.165, 1.54) is 13.0 Å². The van der Waals surface area contributed by atoms with Crippen molar-refractivity contribution in [3.8, 4) is 0 Å². The highest BCUT2D eigenvalue weighted by Crippen LogP contribution is 2.29. The van der Waals surface area contributed by atoms with Gasteiger partial charge in [0.2, 0.25) is 0 Å². The minimum absolute atomic E-state index is 0.0306. The quantitative estimate of drug-likeness (QED) is 0.541. The molecule has 0 atom stereocenters. The maximum atomic E-state index is 11.3. The summed E-state index contributed by atoms with van der Waals surface area (Å²) in [6.45, 7) is 3.20. The van der Waals surface area contributed by atoms with Crippen LogP contribution in [-0.2, 0) is 0 Å². The van der Waals surface area contributed by atoms with Crippen LogP contribution in [0.1, 0.15) is 12.7 Å². The number of hydrogen-bond donors (Lipinski definition) is 1. The van der Waals surface area contributed by atoms with E-state index in [-0.39, 0.29) is 11.4 Å². The number of non-ortho nitro benzene ring substituents is 1. The molecule has 2 aromatic carbocycles. The average Bonchev–Trinajstić information content (AvgIpc) is 2.37. The van der Waals surface area contributed by atoms with Crippen LogP contribution in [0.25, 0.3) is 27.6 Å². The number of nitro groups is 1. The summed E-state index contributed by atoms with van der Waals surface area (Å²) in [5.74, 6) is 0.508. The van der Waals surface area contributed by atoms with Gasteiger partial charge in [-0.15, -0.1) is 0 Å². The molecule has 0 unspecified atom stereocenters. The second-order valence-corrected chi connectivity index (χ2v) is 4.60. The molecule has 0 amide bonds. The molecule has 0 aliphatic carbocycles. The Kier molecular flexibility index (Phi) is 2.53. The topological polar surface area (TPSA) is 89.2 Å². The van der Waals surface area contributed by atoms with Crippen molar-refractivity contribution in [2.75, 3.05) is 0 Å². The summed E-state index contributed by atoms with van der Waals surface area (Å²) < 4.78 is 0. The lowest BCUT2D eigenvalue weighted by Crippen LogP contribution is -2.10. The molecule has 0 radical (unpaired) electrons. The van der Waals surface area contributed by atoms with Gasteiger partial charge >= 0.3 is 0 Å². The summed E-state index contributed by atoms with van der Waals surface area (Å²) in [5.41, 5.74) is 0.817. The number of aryl methyl sites for hydroxylation is 1. The standard InChI is InChI=1S/C14H11N3O3/c1-7(18)10-6-12(17(19)20)14-13-9(10)4-3-5-11(13)15-8(2)16-14/h3-6,18H,1-2H3/b10-7-. The lowest BCUT2D eigenvalue weighted by Gasteiger charge is -2.07. The molecule has 1 N–H and O–H groups in total. The van der Waals surface area contributed by atoms with Crippen LogP contribution in [-0.4, -0.2) is 20.0 Å². The third-order valence-corrected chi connectivity index (χ3v) is 3.24. The summed E-state index contributed by atoms with van der Waals surface area (Å²) in [5, 5.41) is 22.8. The molecule has 0 aliphatic heterocycles. The molecule has 0 aliphatic rings. The smallest absolute Gasteiger partial charge is 0.296 e. The van der Waals surface area contributed by atoms with Crippen molar-refractivity contribution < 1.29 is 10.0 Å². The number of benzene rings is 2. The van der Waals surface area contributed by atoms with E-state index >= 15 is 0 Å². The van der Waals surface area contributed by atoms with E-state index in [1.54, 1.807) is 19.1 Å². The van der Waals surface area contributed by atoms with Gasteiger partial charge < -0.3 is 5.11 Å². The van der Waals surface area contributed by atoms with Crippen LogP contribution in [0.4, 0.5) is 5.69 Å². The molecule has 20 heavy (non-hydrogen) atoms. The van der Waals surface area contributed by atoms with Gasteiger partial charge in [0.25, 0.3) is 5.69 Å². The maximum Gasteiger partial charge on any atom is 0.296 e. The molecule has 1 heterocycles. The lowest BCUT2D eigenvalue weighted by molar-refractivity contribution is -0.383. The van der Waals surface area contributed by atoms with Gasteiger partial charge in [-0.2, -0.15) is 0 Å². The normalized spacial score (nSPS) is 12.9. The highest BCUT2D eigenvalue weighted by molar-refractivity contribution is 6.10. The van der Waals surface area contributed by atoms with Gasteiger partial charge in [-0.3, -0.25) is 10.1 Å². The predicted octanol–water partition coefficient (Wildman–Crippen LogP) is 2.40. The number of aromatic nitrogens is 2. The molecule has 3 rings (SSSR count). The van der Waals surface area contributed by atoms with Crippen LogP contribution in [0, 0.1) is 17.0 Å². The zero-order chi connectivity index (χ0) is 14.4. The third-order valence-electron chi connectivity index (χ3n) is 3.24. The first-order valence-electron chi connectivity index (χ1n) is 6.03. The summed E-state index contributed by atoms with van der Waals surface area (Å²) in [7, 11) is 0. The Morgan fingerprint density at radius 1 is 1.35 bits per heavy atom. The van der Waals surface area contributed by atoms with Gasteiger partial charge in [-0.05, 0) is 25.3 Å². The van der Waals surface area contributed by atoms with Gasteiger partial charge in [0, 0.05) is 16.7 Å². The van der Waals surface area contributed by atoms with Crippen molar-refractivity contribution in [2.24, 2.45) is 0 Å². The molecular weight excluding hydrogens is 258 g/mol. The first-order chi connectivity index (χ1) is 9.49. The molecule has 3 aromatic rings. The SMILES string of the molecule is C/C(O)=c1\cc([N+](=O)[O-])c2nc(C)nc3cccc1c32. The van der Waals surface area contributed by atoms with Crippen LogP contribution in [0.5, 0.6) is 0 Å². The monoisotopic (exact) mass is 269 g/mol. The molecule has 6 nitrogen and oxygen atoms in total. The fourth-order valence-electron chi connectivity index (χ4n) is 2.43. The number of aliphatic hydroxyl groups is 1. The Labute approximate surface area is 113 Å². The van der Waals surface area contributed by atoms with E-state index in [2.05, 4.69) is 9.97 Å².